The predicted octanol–water partition coefficient (Wildman–Crippen LogP) is 14.4. The number of rotatable bonds is 48. The van der Waals surface area contributed by atoms with Crippen LogP contribution in [0.1, 0.15) is 194 Å². The molecule has 0 bridgehead atoms. The van der Waals surface area contributed by atoms with Gasteiger partial charge < -0.3 is 45.1 Å². The standard InChI is InChI=1S/C68H107NO10/c1-4-7-10-13-16-19-22-25-27-29-30-31-32-33-35-38-41-44-47-50-53-56-63(73)79-66-65(75)64(74)62(57-70)78-68(66)77-58-59(60(71)54-51-48-45-42-39-36-24-21-18-15-12-9-6-3)69-67(76)61(72)55-52-49-46-43-40-37-34-28-26-23-20-17-14-11-8-5-2/h7-8,10-11,14,16-17,19-20,23,25-28,30-31,33-35,37,40-41,43-44,51,54,59-62,64-66,68,70-72,74-75H,4-6,9,12-13,15,18,21-22,24,29,32,36,38-39,42,45-50,52-53,55-58H2,1-3H3,(H,69,76)/b10-7-,11-8-,17-14+,19-16-,23-20+,27-25-,28-26-,31-30-,35-33-,37-34+,43-40+,44-41-,54-51+. The zero-order valence-corrected chi connectivity index (χ0v) is 48.9. The second-order valence-corrected chi connectivity index (χ2v) is 20.1. The van der Waals surface area contributed by atoms with Crippen molar-refractivity contribution in [1.82, 2.24) is 5.32 Å². The van der Waals surface area contributed by atoms with Crippen LogP contribution in [0.3, 0.4) is 0 Å². The van der Waals surface area contributed by atoms with Crippen LogP contribution in [0.2, 0.25) is 0 Å². The van der Waals surface area contributed by atoms with Crippen molar-refractivity contribution in [3.05, 3.63) is 158 Å². The van der Waals surface area contributed by atoms with Crippen molar-refractivity contribution in [1.29, 1.82) is 0 Å². The van der Waals surface area contributed by atoms with Gasteiger partial charge in [-0.2, -0.15) is 0 Å². The van der Waals surface area contributed by atoms with Gasteiger partial charge in [0.15, 0.2) is 12.4 Å². The third-order valence-electron chi connectivity index (χ3n) is 13.1. The molecule has 6 N–H and O–H groups in total. The van der Waals surface area contributed by atoms with Gasteiger partial charge in [0.1, 0.15) is 24.4 Å². The molecule has 0 aliphatic carbocycles. The maximum absolute atomic E-state index is 13.4. The Kier molecular flexibility index (Phi) is 49.3. The van der Waals surface area contributed by atoms with E-state index in [9.17, 15) is 35.1 Å². The van der Waals surface area contributed by atoms with Crippen molar-refractivity contribution in [3.8, 4) is 0 Å². The summed E-state index contributed by atoms with van der Waals surface area (Å²) in [4.78, 5) is 26.5. The van der Waals surface area contributed by atoms with Gasteiger partial charge in [-0.15, -0.1) is 0 Å². The van der Waals surface area contributed by atoms with E-state index in [0.29, 0.717) is 12.8 Å². The molecule has 1 fully saturated rings. The molecule has 1 amide bonds. The SMILES string of the molecule is CC\C=C/C=C/C=C/C=C\C=C\C=C\CCCCC(O)C(=O)NC(COC1OC(CO)C(O)C(O)C1OC(=O)CCCC/C=C\C/C=C\C/C=C\C/C=C\C/C=C\C/C=C\CC)C(O)/C=C/CCCCCCCCCCCCC. The average molecular weight is 1100 g/mol. The van der Waals surface area contributed by atoms with Crippen LogP contribution in [0.25, 0.3) is 0 Å². The van der Waals surface area contributed by atoms with Crippen LogP contribution in [0.4, 0.5) is 0 Å². The highest BCUT2D eigenvalue weighted by Gasteiger charge is 2.47. The van der Waals surface area contributed by atoms with Crippen molar-refractivity contribution in [2.24, 2.45) is 0 Å². The maximum Gasteiger partial charge on any atom is 0.306 e. The molecular formula is C68H107NO10. The summed E-state index contributed by atoms with van der Waals surface area (Å²) in [6.45, 7) is 5.45. The third kappa shape index (κ3) is 41.9. The van der Waals surface area contributed by atoms with Crippen molar-refractivity contribution >= 4 is 11.9 Å². The van der Waals surface area contributed by atoms with Gasteiger partial charge in [0, 0.05) is 6.42 Å². The topological polar surface area (TPSA) is 175 Å². The summed E-state index contributed by atoms with van der Waals surface area (Å²) < 4.78 is 17.5. The van der Waals surface area contributed by atoms with E-state index in [2.05, 4.69) is 105 Å². The number of unbranched alkanes of at least 4 members (excludes halogenated alkanes) is 15. The lowest BCUT2D eigenvalue weighted by molar-refractivity contribution is -0.305. The lowest BCUT2D eigenvalue weighted by Gasteiger charge is -2.41. The quantitative estimate of drug-likeness (QED) is 0.0149. The highest BCUT2D eigenvalue weighted by molar-refractivity contribution is 5.80. The molecule has 11 nitrogen and oxygen atoms in total. The highest BCUT2D eigenvalue weighted by atomic mass is 16.7. The third-order valence-corrected chi connectivity index (χ3v) is 13.1. The Balaban J connectivity index is 2.78. The Labute approximate surface area is 478 Å². The number of nitrogens with one attached hydrogen (secondary N) is 1. The monoisotopic (exact) mass is 1100 g/mol. The van der Waals surface area contributed by atoms with Crippen LogP contribution in [0.5, 0.6) is 0 Å². The minimum atomic E-state index is -1.65. The zero-order valence-electron chi connectivity index (χ0n) is 48.9. The first-order valence-corrected chi connectivity index (χ1v) is 30.3. The summed E-state index contributed by atoms with van der Waals surface area (Å²) in [5.41, 5.74) is 0. The second-order valence-electron chi connectivity index (χ2n) is 20.1. The summed E-state index contributed by atoms with van der Waals surface area (Å²) in [6, 6.07) is -1.07. The van der Waals surface area contributed by atoms with Gasteiger partial charge in [0.25, 0.3) is 0 Å². The van der Waals surface area contributed by atoms with Gasteiger partial charge in [0.05, 0.1) is 25.4 Å². The van der Waals surface area contributed by atoms with Crippen LogP contribution in [-0.4, -0.2) is 99.6 Å². The zero-order chi connectivity index (χ0) is 57.5. The molecule has 11 heteroatoms. The molecule has 8 unspecified atom stereocenters. The molecule has 0 aromatic heterocycles. The van der Waals surface area contributed by atoms with E-state index in [1.807, 2.05) is 72.9 Å². The molecule has 1 heterocycles. The van der Waals surface area contributed by atoms with E-state index in [0.717, 1.165) is 96.3 Å². The molecule has 0 radical (unpaired) electrons. The Bertz CT molecular complexity index is 1880. The van der Waals surface area contributed by atoms with E-state index in [1.54, 1.807) is 6.08 Å². The summed E-state index contributed by atoms with van der Waals surface area (Å²) in [7, 11) is 0. The molecule has 8 atom stereocenters. The molecule has 0 aromatic carbocycles. The van der Waals surface area contributed by atoms with Crippen LogP contribution >= 0.6 is 0 Å². The fraction of sp³-hybridized carbons (Fsp3) is 0.588. The van der Waals surface area contributed by atoms with Crippen molar-refractivity contribution in [3.63, 3.8) is 0 Å². The Hall–Kier alpha value is -4.72. The van der Waals surface area contributed by atoms with E-state index in [4.69, 9.17) is 14.2 Å². The summed E-state index contributed by atoms with van der Waals surface area (Å²) in [5.74, 6) is -1.30. The normalized spacial score (nSPS) is 20.0. The van der Waals surface area contributed by atoms with Crippen molar-refractivity contribution in [2.75, 3.05) is 13.2 Å². The number of carbonyl (C=O) groups is 2. The number of hydrogen-bond acceptors (Lipinski definition) is 10. The van der Waals surface area contributed by atoms with E-state index in [-0.39, 0.29) is 19.4 Å². The second kappa shape index (κ2) is 53.9. The first-order valence-electron chi connectivity index (χ1n) is 30.3. The molecule has 1 saturated heterocycles. The van der Waals surface area contributed by atoms with Gasteiger partial charge in [-0.05, 0) is 96.3 Å². The van der Waals surface area contributed by atoms with Gasteiger partial charge in [0.2, 0.25) is 5.91 Å². The fourth-order valence-electron chi connectivity index (χ4n) is 8.33. The number of amides is 1. The average Bonchev–Trinajstić information content (AvgIpc) is 3.49. The van der Waals surface area contributed by atoms with Crippen LogP contribution < -0.4 is 5.32 Å². The van der Waals surface area contributed by atoms with Gasteiger partial charge in [-0.3, -0.25) is 9.59 Å². The van der Waals surface area contributed by atoms with Crippen molar-refractivity contribution < 1.29 is 49.3 Å². The molecule has 0 saturated carbocycles. The molecule has 1 aliphatic heterocycles. The number of esters is 1. The van der Waals surface area contributed by atoms with Crippen LogP contribution in [0, 0.1) is 0 Å². The molecule has 0 spiro atoms. The van der Waals surface area contributed by atoms with Gasteiger partial charge >= 0.3 is 5.97 Å². The lowest BCUT2D eigenvalue weighted by Crippen LogP contribution is -2.61. The summed E-state index contributed by atoms with van der Waals surface area (Å²) >= 11 is 0. The Morgan fingerprint density at radius 1 is 0.519 bits per heavy atom. The number of allylic oxidation sites excluding steroid dienone is 25. The van der Waals surface area contributed by atoms with Crippen LogP contribution in [-0.2, 0) is 23.8 Å². The molecule has 79 heavy (non-hydrogen) atoms. The lowest BCUT2D eigenvalue weighted by atomic mass is 9.99. The molecule has 0 aromatic rings. The Morgan fingerprint density at radius 3 is 1.52 bits per heavy atom. The maximum atomic E-state index is 13.4. The number of carbonyl (C=O) groups excluding carboxylic acids is 2. The molecular weight excluding hydrogens is 991 g/mol. The molecule has 1 rings (SSSR count). The van der Waals surface area contributed by atoms with E-state index < -0.39 is 67.4 Å². The van der Waals surface area contributed by atoms with Crippen molar-refractivity contribution in [2.45, 2.75) is 243 Å². The number of aliphatic hydroxyl groups is 5. The first kappa shape index (κ1) is 72.3. The first-order chi connectivity index (χ1) is 38.7. The Morgan fingerprint density at radius 2 is 0.975 bits per heavy atom. The van der Waals surface area contributed by atoms with Crippen LogP contribution in [0.15, 0.2) is 158 Å². The van der Waals surface area contributed by atoms with Gasteiger partial charge in [-0.25, -0.2) is 0 Å². The fourth-order valence-corrected chi connectivity index (χ4v) is 8.33. The largest absolute Gasteiger partial charge is 0.454 e. The van der Waals surface area contributed by atoms with E-state index in [1.165, 1.54) is 51.4 Å². The summed E-state index contributed by atoms with van der Waals surface area (Å²) in [5, 5.41) is 56.9. The summed E-state index contributed by atoms with van der Waals surface area (Å²) in [6.07, 6.45) is 68.5. The number of hydrogen-bond donors (Lipinski definition) is 6. The van der Waals surface area contributed by atoms with E-state index >= 15 is 0 Å². The smallest absolute Gasteiger partial charge is 0.306 e. The molecule has 444 valence electrons. The predicted molar refractivity (Wildman–Crippen MR) is 328 cm³/mol. The number of aliphatic hydroxyl groups excluding tert-OH is 5. The number of ether oxygens (including phenoxy) is 3. The highest BCUT2D eigenvalue weighted by Crippen LogP contribution is 2.26. The van der Waals surface area contributed by atoms with Gasteiger partial charge in [-0.1, -0.05) is 249 Å². The minimum absolute atomic E-state index is 0.0521. The molecule has 1 aliphatic rings. The minimum Gasteiger partial charge on any atom is -0.454 e.